The summed E-state index contributed by atoms with van der Waals surface area (Å²) in [6.45, 7) is 3.14. The van der Waals surface area contributed by atoms with E-state index >= 15 is 0 Å². The van der Waals surface area contributed by atoms with Crippen molar-refractivity contribution in [2.45, 2.75) is 19.9 Å². The van der Waals surface area contributed by atoms with Gasteiger partial charge in [0, 0.05) is 11.4 Å². The molecule has 6 heteroatoms. The molecular weight excluding hydrogens is 252 g/mol. The Kier molecular flexibility index (Phi) is 5.80. The van der Waals surface area contributed by atoms with Gasteiger partial charge in [0.05, 0.1) is 19.5 Å². The van der Waals surface area contributed by atoms with Crippen molar-refractivity contribution in [1.29, 1.82) is 0 Å². The molecule has 0 atom stereocenters. The van der Waals surface area contributed by atoms with E-state index in [0.29, 0.717) is 13.1 Å². The van der Waals surface area contributed by atoms with Gasteiger partial charge >= 0.3 is 5.97 Å². The second-order valence-corrected chi connectivity index (χ2v) is 5.19. The van der Waals surface area contributed by atoms with Gasteiger partial charge in [-0.15, -0.1) is 11.3 Å². The van der Waals surface area contributed by atoms with Gasteiger partial charge in [-0.05, 0) is 31.0 Å². The van der Waals surface area contributed by atoms with Crippen molar-refractivity contribution in [2.75, 3.05) is 20.1 Å². The largest absolute Gasteiger partial charge is 0.481 e. The topological polar surface area (TPSA) is 69.6 Å². The molecule has 0 saturated heterocycles. The Morgan fingerprint density at radius 1 is 1.50 bits per heavy atom. The maximum absolute atomic E-state index is 11.6. The first-order valence-corrected chi connectivity index (χ1v) is 6.57. The van der Waals surface area contributed by atoms with E-state index in [1.165, 1.54) is 5.56 Å². The Morgan fingerprint density at radius 3 is 2.78 bits per heavy atom. The molecule has 1 heterocycles. The summed E-state index contributed by atoms with van der Waals surface area (Å²) in [7, 11) is 1.74. The lowest BCUT2D eigenvalue weighted by Gasteiger charge is -2.14. The number of hydrogen-bond donors (Lipinski definition) is 2. The van der Waals surface area contributed by atoms with Crippen LogP contribution >= 0.6 is 11.3 Å². The monoisotopic (exact) mass is 270 g/mol. The fourth-order valence-electron chi connectivity index (χ4n) is 1.43. The molecule has 1 amide bonds. The van der Waals surface area contributed by atoms with Crippen molar-refractivity contribution in [2.24, 2.45) is 0 Å². The van der Waals surface area contributed by atoms with Gasteiger partial charge in [-0.1, -0.05) is 0 Å². The highest BCUT2D eigenvalue weighted by Crippen LogP contribution is 2.14. The van der Waals surface area contributed by atoms with Crippen LogP contribution in [0.2, 0.25) is 0 Å². The summed E-state index contributed by atoms with van der Waals surface area (Å²) in [6.07, 6.45) is 0.0494. The highest BCUT2D eigenvalue weighted by atomic mass is 32.1. The predicted octanol–water partition coefficient (Wildman–Crippen LogP) is 1.08. The number of aryl methyl sites for hydroxylation is 1. The summed E-state index contributed by atoms with van der Waals surface area (Å²) in [4.78, 5) is 24.8. The molecule has 5 nitrogen and oxygen atoms in total. The number of nitrogens with zero attached hydrogens (tertiary/aromatic N) is 1. The minimum absolute atomic E-state index is 0.0494. The lowest BCUT2D eigenvalue weighted by atomic mass is 10.3. The van der Waals surface area contributed by atoms with Gasteiger partial charge in [0.2, 0.25) is 5.91 Å². The van der Waals surface area contributed by atoms with Gasteiger partial charge in [-0.2, -0.15) is 0 Å². The van der Waals surface area contributed by atoms with Crippen LogP contribution in [0.4, 0.5) is 0 Å². The molecule has 0 unspecified atom stereocenters. The summed E-state index contributed by atoms with van der Waals surface area (Å²) < 4.78 is 0. The molecule has 1 aromatic heterocycles. The van der Waals surface area contributed by atoms with Crippen LogP contribution in [0.3, 0.4) is 0 Å². The van der Waals surface area contributed by atoms with Crippen LogP contribution in [0.25, 0.3) is 0 Å². The smallest absolute Gasteiger partial charge is 0.304 e. The van der Waals surface area contributed by atoms with Crippen LogP contribution in [-0.2, 0) is 16.1 Å². The number of carboxylic acid groups (broad SMARTS) is 1. The quantitative estimate of drug-likeness (QED) is 0.778. The second kappa shape index (κ2) is 7.13. The van der Waals surface area contributed by atoms with Gasteiger partial charge in [0.15, 0.2) is 0 Å². The van der Waals surface area contributed by atoms with Crippen molar-refractivity contribution in [3.05, 3.63) is 21.9 Å². The molecule has 0 spiro atoms. The van der Waals surface area contributed by atoms with E-state index in [9.17, 15) is 9.59 Å². The lowest BCUT2D eigenvalue weighted by molar-refractivity contribution is -0.137. The Morgan fingerprint density at radius 2 is 2.22 bits per heavy atom. The Hall–Kier alpha value is -1.40. The Bertz CT molecular complexity index is 417. The summed E-state index contributed by atoms with van der Waals surface area (Å²) in [5.74, 6) is -0.938. The van der Waals surface area contributed by atoms with E-state index in [0.717, 1.165) is 4.88 Å². The number of aliphatic carboxylic acids is 1. The Balaban J connectivity index is 2.25. The number of carbonyl (C=O) groups excluding carboxylic acids is 1. The van der Waals surface area contributed by atoms with Crippen LogP contribution in [0.15, 0.2) is 11.4 Å². The lowest BCUT2D eigenvalue weighted by Crippen LogP contribution is -2.35. The minimum Gasteiger partial charge on any atom is -0.481 e. The molecule has 0 saturated carbocycles. The molecule has 0 radical (unpaired) electrons. The number of amides is 1. The van der Waals surface area contributed by atoms with Crippen molar-refractivity contribution < 1.29 is 14.7 Å². The number of nitrogens with one attached hydrogen (secondary N) is 1. The molecule has 0 aliphatic carbocycles. The fourth-order valence-corrected chi connectivity index (χ4v) is 2.28. The van der Waals surface area contributed by atoms with Gasteiger partial charge in [0.25, 0.3) is 0 Å². The standard InChI is InChI=1S/C12H18N2O3S/c1-9-4-6-18-10(9)7-13-11(15)8-14(2)5-3-12(16)17/h4,6H,3,5,7-8H2,1-2H3,(H,13,15)(H,16,17). The van der Waals surface area contributed by atoms with Crippen molar-refractivity contribution in [1.82, 2.24) is 10.2 Å². The van der Waals surface area contributed by atoms with Gasteiger partial charge < -0.3 is 10.4 Å². The van der Waals surface area contributed by atoms with Gasteiger partial charge in [0.1, 0.15) is 0 Å². The maximum atomic E-state index is 11.6. The number of carboxylic acids is 1. The number of likely N-dealkylation sites (N-methyl/N-ethyl adjacent to an activating group) is 1. The number of thiophene rings is 1. The average Bonchev–Trinajstić information content (AvgIpc) is 2.69. The minimum atomic E-state index is -0.850. The zero-order valence-electron chi connectivity index (χ0n) is 10.6. The van der Waals surface area contributed by atoms with E-state index in [1.807, 2.05) is 18.4 Å². The third-order valence-corrected chi connectivity index (χ3v) is 3.56. The molecule has 1 aromatic rings. The van der Waals surface area contributed by atoms with Crippen molar-refractivity contribution in [3.8, 4) is 0 Å². The fraction of sp³-hybridized carbons (Fsp3) is 0.500. The second-order valence-electron chi connectivity index (χ2n) is 4.19. The summed E-state index contributed by atoms with van der Waals surface area (Å²) in [5.41, 5.74) is 1.18. The first kappa shape index (κ1) is 14.7. The number of carbonyl (C=O) groups is 2. The van der Waals surface area contributed by atoms with Crippen LogP contribution in [-0.4, -0.2) is 42.0 Å². The van der Waals surface area contributed by atoms with E-state index in [1.54, 1.807) is 23.3 Å². The molecule has 0 aliphatic heterocycles. The zero-order valence-corrected chi connectivity index (χ0v) is 11.4. The molecule has 18 heavy (non-hydrogen) atoms. The molecule has 1 rings (SSSR count). The molecule has 0 fully saturated rings. The third kappa shape index (κ3) is 5.29. The molecule has 0 aliphatic rings. The Labute approximate surface area is 110 Å². The van der Waals surface area contributed by atoms with Crippen molar-refractivity contribution in [3.63, 3.8) is 0 Å². The molecule has 100 valence electrons. The van der Waals surface area contributed by atoms with Crippen LogP contribution in [0, 0.1) is 6.92 Å². The molecular formula is C12H18N2O3S. The summed E-state index contributed by atoms with van der Waals surface area (Å²) in [5, 5.41) is 13.4. The third-order valence-electron chi connectivity index (χ3n) is 2.54. The van der Waals surface area contributed by atoms with E-state index in [2.05, 4.69) is 5.32 Å². The van der Waals surface area contributed by atoms with Gasteiger partial charge in [-0.3, -0.25) is 14.5 Å². The van der Waals surface area contributed by atoms with Crippen LogP contribution in [0.1, 0.15) is 16.9 Å². The SMILES string of the molecule is Cc1ccsc1CNC(=O)CN(C)CCC(=O)O. The highest BCUT2D eigenvalue weighted by Gasteiger charge is 2.08. The van der Waals surface area contributed by atoms with Gasteiger partial charge in [-0.25, -0.2) is 0 Å². The first-order chi connectivity index (χ1) is 8.49. The average molecular weight is 270 g/mol. The maximum Gasteiger partial charge on any atom is 0.304 e. The summed E-state index contributed by atoms with van der Waals surface area (Å²) in [6, 6.07) is 2.02. The molecule has 0 bridgehead atoms. The van der Waals surface area contributed by atoms with Crippen LogP contribution in [0.5, 0.6) is 0 Å². The molecule has 2 N–H and O–H groups in total. The van der Waals surface area contributed by atoms with Crippen molar-refractivity contribution >= 4 is 23.2 Å². The highest BCUT2D eigenvalue weighted by molar-refractivity contribution is 7.10. The summed E-state index contributed by atoms with van der Waals surface area (Å²) >= 11 is 1.62. The number of hydrogen-bond acceptors (Lipinski definition) is 4. The van der Waals surface area contributed by atoms with Crippen LogP contribution < -0.4 is 5.32 Å². The number of rotatable bonds is 7. The normalized spacial score (nSPS) is 10.6. The van der Waals surface area contributed by atoms with E-state index in [-0.39, 0.29) is 18.9 Å². The zero-order chi connectivity index (χ0) is 13.5. The predicted molar refractivity (Wildman–Crippen MR) is 70.7 cm³/mol. The van der Waals surface area contributed by atoms with E-state index < -0.39 is 5.97 Å². The first-order valence-electron chi connectivity index (χ1n) is 5.69. The van der Waals surface area contributed by atoms with E-state index in [4.69, 9.17) is 5.11 Å². The molecule has 0 aromatic carbocycles.